The number of hydrogen-bond donors (Lipinski definition) is 2. The van der Waals surface area contributed by atoms with Crippen molar-refractivity contribution in [2.75, 3.05) is 0 Å². The molecule has 2 aromatic rings. The van der Waals surface area contributed by atoms with Crippen LogP contribution < -0.4 is 10.5 Å². The maximum atomic E-state index is 11.1. The van der Waals surface area contributed by atoms with Gasteiger partial charge in [0.15, 0.2) is 0 Å². The molecule has 0 saturated heterocycles. The molecule has 4 nitrogen and oxygen atoms in total. The molecule has 0 spiro atoms. The predicted octanol–water partition coefficient (Wildman–Crippen LogP) is 2.44. The Bertz CT molecular complexity index is 654. The van der Waals surface area contributed by atoms with Gasteiger partial charge in [0.25, 0.3) is 0 Å². The molecule has 2 aromatic carbocycles. The average molecular weight is 253 g/mol. The molecule has 0 atom stereocenters. The molecule has 4 heteroatoms. The van der Waals surface area contributed by atoms with Crippen LogP contribution in [0.25, 0.3) is 0 Å². The summed E-state index contributed by atoms with van der Waals surface area (Å²) >= 11 is 0. The van der Waals surface area contributed by atoms with E-state index in [0.717, 1.165) is 0 Å². The molecule has 19 heavy (non-hydrogen) atoms. The number of benzene rings is 2. The molecule has 0 amide bonds. The molecular formula is C15H11NO3. The van der Waals surface area contributed by atoms with Crippen molar-refractivity contribution in [1.29, 1.82) is 0 Å². The van der Waals surface area contributed by atoms with Gasteiger partial charge in [0.1, 0.15) is 17.1 Å². The third-order valence-corrected chi connectivity index (χ3v) is 2.40. The Kier molecular flexibility index (Phi) is 3.70. The van der Waals surface area contributed by atoms with Gasteiger partial charge in [-0.1, -0.05) is 18.2 Å². The molecule has 0 heterocycles. The molecule has 94 valence electrons. The van der Waals surface area contributed by atoms with E-state index in [1.165, 1.54) is 6.07 Å². The van der Waals surface area contributed by atoms with E-state index in [1.54, 1.807) is 36.4 Å². The molecule has 0 bridgehead atoms. The van der Waals surface area contributed by atoms with Crippen LogP contribution in [-0.4, -0.2) is 11.1 Å². The van der Waals surface area contributed by atoms with Crippen LogP contribution in [-0.2, 0) is 0 Å². The lowest BCUT2D eigenvalue weighted by molar-refractivity contribution is 0.0694. The molecule has 0 saturated carbocycles. The normalized spacial score (nSPS) is 9.26. The van der Waals surface area contributed by atoms with Gasteiger partial charge < -0.3 is 15.6 Å². The molecule has 0 aliphatic heterocycles. The lowest BCUT2D eigenvalue weighted by Gasteiger charge is -2.09. The number of nitrogens with two attached hydrogens (primary N) is 1. The average Bonchev–Trinajstić information content (AvgIpc) is 2.40. The van der Waals surface area contributed by atoms with Crippen LogP contribution in [0.3, 0.4) is 0 Å². The van der Waals surface area contributed by atoms with Crippen molar-refractivity contribution in [1.82, 2.24) is 0 Å². The first-order chi connectivity index (χ1) is 9.20. The maximum absolute atomic E-state index is 11.1. The second-order valence-electron chi connectivity index (χ2n) is 3.70. The zero-order chi connectivity index (χ0) is 13.7. The summed E-state index contributed by atoms with van der Waals surface area (Å²) in [4.78, 5) is 11.1. The predicted molar refractivity (Wildman–Crippen MR) is 71.0 cm³/mol. The monoisotopic (exact) mass is 253 g/mol. The first-order valence-electron chi connectivity index (χ1n) is 5.52. The largest absolute Gasteiger partial charge is 0.478 e. The number of carboxylic acid groups (broad SMARTS) is 1. The van der Waals surface area contributed by atoms with Crippen LogP contribution in [0.5, 0.6) is 11.5 Å². The van der Waals surface area contributed by atoms with Gasteiger partial charge in [-0.2, -0.15) is 0 Å². The van der Waals surface area contributed by atoms with E-state index < -0.39 is 5.97 Å². The molecule has 0 fully saturated rings. The fraction of sp³-hybridized carbons (Fsp3) is 0. The van der Waals surface area contributed by atoms with Crippen molar-refractivity contribution < 1.29 is 14.6 Å². The van der Waals surface area contributed by atoms with Crippen molar-refractivity contribution in [2.45, 2.75) is 0 Å². The highest BCUT2D eigenvalue weighted by atomic mass is 16.5. The quantitative estimate of drug-likeness (QED) is 0.651. The topological polar surface area (TPSA) is 72.6 Å². The van der Waals surface area contributed by atoms with Crippen molar-refractivity contribution in [3.63, 3.8) is 0 Å². The summed E-state index contributed by atoms with van der Waals surface area (Å²) in [6, 6.07) is 15.8. The number of carbonyl (C=O) groups is 1. The summed E-state index contributed by atoms with van der Waals surface area (Å²) in [5, 5.41) is 9.12. The van der Waals surface area contributed by atoms with E-state index in [4.69, 9.17) is 15.6 Å². The van der Waals surface area contributed by atoms with Gasteiger partial charge in [0.05, 0.1) is 0 Å². The molecule has 0 aliphatic carbocycles. The lowest BCUT2D eigenvalue weighted by atomic mass is 10.1. The van der Waals surface area contributed by atoms with Gasteiger partial charge in [-0.25, -0.2) is 4.79 Å². The van der Waals surface area contributed by atoms with Crippen LogP contribution in [0.1, 0.15) is 15.9 Å². The number of carboxylic acids is 1. The zero-order valence-corrected chi connectivity index (χ0v) is 9.96. The van der Waals surface area contributed by atoms with Crippen molar-refractivity contribution in [3.8, 4) is 23.5 Å². The van der Waals surface area contributed by atoms with Gasteiger partial charge >= 0.3 is 5.97 Å². The van der Waals surface area contributed by atoms with Crippen molar-refractivity contribution >= 4 is 5.97 Å². The summed E-state index contributed by atoms with van der Waals surface area (Å²) in [7, 11) is 0. The van der Waals surface area contributed by atoms with E-state index in [2.05, 4.69) is 12.0 Å². The summed E-state index contributed by atoms with van der Waals surface area (Å²) in [5.41, 5.74) is 5.81. The van der Waals surface area contributed by atoms with Gasteiger partial charge in [-0.15, -0.1) is 0 Å². The summed E-state index contributed by atoms with van der Waals surface area (Å²) < 4.78 is 5.57. The fourth-order valence-electron chi connectivity index (χ4n) is 1.56. The van der Waals surface area contributed by atoms with Gasteiger partial charge in [0.2, 0.25) is 0 Å². The van der Waals surface area contributed by atoms with Crippen molar-refractivity contribution in [3.05, 3.63) is 59.7 Å². The fourth-order valence-corrected chi connectivity index (χ4v) is 1.56. The summed E-state index contributed by atoms with van der Waals surface area (Å²) in [6.45, 7) is 0. The van der Waals surface area contributed by atoms with Crippen LogP contribution in [0.2, 0.25) is 0 Å². The van der Waals surface area contributed by atoms with Gasteiger partial charge in [-0.3, -0.25) is 0 Å². The first-order valence-corrected chi connectivity index (χ1v) is 5.52. The smallest absolute Gasteiger partial charge is 0.339 e. The number of rotatable bonds is 3. The van der Waals surface area contributed by atoms with Gasteiger partial charge in [0, 0.05) is 11.6 Å². The zero-order valence-electron chi connectivity index (χ0n) is 9.96. The Morgan fingerprint density at radius 2 is 1.89 bits per heavy atom. The van der Waals surface area contributed by atoms with Gasteiger partial charge in [-0.05, 0) is 36.3 Å². The summed E-state index contributed by atoms with van der Waals surface area (Å²) in [6.07, 6.45) is 0. The standard InChI is InChI=1S/C15H11NO3/c16-9-8-11-6-7-13(15(17)18)14(10-11)19-12-4-2-1-3-5-12/h1-7,10H,16H2,(H,17,18). The highest BCUT2D eigenvalue weighted by molar-refractivity contribution is 5.91. The summed E-state index contributed by atoms with van der Waals surface area (Å²) in [5.74, 6) is 2.39. The third kappa shape index (κ3) is 3.05. The number of hydrogen-bond acceptors (Lipinski definition) is 3. The van der Waals surface area contributed by atoms with E-state index in [9.17, 15) is 4.79 Å². The van der Waals surface area contributed by atoms with Crippen LogP contribution in [0.4, 0.5) is 0 Å². The molecule has 3 N–H and O–H groups in total. The minimum Gasteiger partial charge on any atom is -0.478 e. The minimum atomic E-state index is -1.06. The third-order valence-electron chi connectivity index (χ3n) is 2.40. The second-order valence-corrected chi connectivity index (χ2v) is 3.70. The van der Waals surface area contributed by atoms with Crippen LogP contribution in [0, 0.1) is 12.0 Å². The second kappa shape index (κ2) is 5.61. The Labute approximate surface area is 110 Å². The number of para-hydroxylation sites is 1. The lowest BCUT2D eigenvalue weighted by Crippen LogP contribution is -2.00. The van der Waals surface area contributed by atoms with E-state index in [-0.39, 0.29) is 11.3 Å². The molecular weight excluding hydrogens is 242 g/mol. The number of ether oxygens (including phenoxy) is 1. The molecule has 0 radical (unpaired) electrons. The maximum Gasteiger partial charge on any atom is 0.339 e. The Hall–Kier alpha value is -2.93. The van der Waals surface area contributed by atoms with Crippen LogP contribution >= 0.6 is 0 Å². The minimum absolute atomic E-state index is 0.0754. The molecule has 0 aliphatic rings. The Balaban J connectivity index is 2.42. The van der Waals surface area contributed by atoms with E-state index >= 15 is 0 Å². The SMILES string of the molecule is NC#Cc1ccc(C(=O)O)c(Oc2ccccc2)c1. The van der Waals surface area contributed by atoms with E-state index in [0.29, 0.717) is 11.3 Å². The van der Waals surface area contributed by atoms with Crippen LogP contribution in [0.15, 0.2) is 48.5 Å². The molecule has 0 unspecified atom stereocenters. The number of aromatic carboxylic acids is 1. The Morgan fingerprint density at radius 3 is 2.53 bits per heavy atom. The highest BCUT2D eigenvalue weighted by Crippen LogP contribution is 2.26. The first kappa shape index (κ1) is 12.5. The molecule has 2 rings (SSSR count). The van der Waals surface area contributed by atoms with Crippen molar-refractivity contribution in [2.24, 2.45) is 5.73 Å². The Morgan fingerprint density at radius 1 is 1.16 bits per heavy atom. The highest BCUT2D eigenvalue weighted by Gasteiger charge is 2.12. The molecule has 0 aromatic heterocycles. The van der Waals surface area contributed by atoms with E-state index in [1.807, 2.05) is 6.07 Å².